The van der Waals surface area contributed by atoms with Gasteiger partial charge in [0.1, 0.15) is 11.5 Å². The zero-order valence-electron chi connectivity index (χ0n) is 15.8. The Labute approximate surface area is 167 Å². The molecule has 0 atom stereocenters. The van der Waals surface area contributed by atoms with E-state index in [-0.39, 0.29) is 17.1 Å². The quantitative estimate of drug-likeness (QED) is 0.555. The van der Waals surface area contributed by atoms with Crippen molar-refractivity contribution in [3.05, 3.63) is 35.5 Å². The van der Waals surface area contributed by atoms with Crippen molar-refractivity contribution in [3.63, 3.8) is 0 Å². The molecular weight excluding hydrogens is 409 g/mol. The van der Waals surface area contributed by atoms with Gasteiger partial charge in [0, 0.05) is 36.3 Å². The van der Waals surface area contributed by atoms with E-state index in [0.29, 0.717) is 17.4 Å². The number of piperidine rings is 1. The fraction of sp³-hybridized carbons (Fsp3) is 0.368. The summed E-state index contributed by atoms with van der Waals surface area (Å²) in [5.74, 6) is -4.72. The molecule has 3 N–H and O–H groups in total. The first-order valence-corrected chi connectivity index (χ1v) is 9.25. The maximum atomic E-state index is 14.5. The smallest absolute Gasteiger partial charge is 0.419 e. The molecule has 1 aliphatic heterocycles. The molecule has 0 amide bonds. The highest BCUT2D eigenvalue weighted by molar-refractivity contribution is 5.94. The number of halogens is 5. The second kappa shape index (κ2) is 7.38. The standard InChI is InChI=1S/C19H18F5N5O/c1-29-13-7-14(27-9-2-4-25-5-3-9)26-8-11(13)17(28-29)10-6-12(19(22,23)24)16(21)18(30)15(10)20/h6-9,25,30H,2-5H2,1H3,(H,26,27). The van der Waals surface area contributed by atoms with Crippen LogP contribution in [0.5, 0.6) is 5.75 Å². The number of fused-ring (bicyclic) bond motifs is 1. The molecule has 0 aliphatic carbocycles. The highest BCUT2D eigenvalue weighted by Gasteiger charge is 2.38. The van der Waals surface area contributed by atoms with E-state index in [9.17, 15) is 27.1 Å². The molecule has 160 valence electrons. The number of rotatable bonds is 3. The normalized spacial score (nSPS) is 15.7. The van der Waals surface area contributed by atoms with Crippen LogP contribution >= 0.6 is 0 Å². The first-order chi connectivity index (χ1) is 14.2. The minimum Gasteiger partial charge on any atom is -0.503 e. The maximum absolute atomic E-state index is 14.5. The van der Waals surface area contributed by atoms with Crippen molar-refractivity contribution in [1.29, 1.82) is 0 Å². The van der Waals surface area contributed by atoms with Crippen LogP contribution in [0.25, 0.3) is 22.2 Å². The van der Waals surface area contributed by atoms with Crippen molar-refractivity contribution in [1.82, 2.24) is 20.1 Å². The van der Waals surface area contributed by atoms with Crippen LogP contribution in [0.3, 0.4) is 0 Å². The van der Waals surface area contributed by atoms with Crippen LogP contribution in [-0.4, -0.2) is 39.0 Å². The number of hydrogen-bond donors (Lipinski definition) is 3. The molecule has 6 nitrogen and oxygen atoms in total. The van der Waals surface area contributed by atoms with Gasteiger partial charge in [0.2, 0.25) is 0 Å². The Morgan fingerprint density at radius 2 is 1.87 bits per heavy atom. The number of phenols is 1. The van der Waals surface area contributed by atoms with Gasteiger partial charge >= 0.3 is 6.18 Å². The van der Waals surface area contributed by atoms with E-state index >= 15 is 0 Å². The molecule has 3 heterocycles. The fourth-order valence-electron chi connectivity index (χ4n) is 3.61. The van der Waals surface area contributed by atoms with Crippen LogP contribution in [0.15, 0.2) is 18.3 Å². The second-order valence-electron chi connectivity index (χ2n) is 7.17. The molecule has 1 fully saturated rings. The predicted octanol–water partition coefficient (Wildman–Crippen LogP) is 3.80. The highest BCUT2D eigenvalue weighted by atomic mass is 19.4. The fourth-order valence-corrected chi connectivity index (χ4v) is 3.61. The lowest BCUT2D eigenvalue weighted by Gasteiger charge is -2.24. The zero-order valence-corrected chi connectivity index (χ0v) is 15.8. The van der Waals surface area contributed by atoms with Gasteiger partial charge in [0.25, 0.3) is 0 Å². The SMILES string of the molecule is Cn1nc(-c2cc(C(F)(F)F)c(F)c(O)c2F)c2cnc(NC3CCNCC3)cc21. The highest BCUT2D eigenvalue weighted by Crippen LogP contribution is 2.41. The molecular formula is C19H18F5N5O. The summed E-state index contributed by atoms with van der Waals surface area (Å²) in [6.07, 6.45) is -1.92. The van der Waals surface area contributed by atoms with Gasteiger partial charge in [-0.1, -0.05) is 0 Å². The number of nitrogens with one attached hydrogen (secondary N) is 2. The summed E-state index contributed by atoms with van der Waals surface area (Å²) >= 11 is 0. The van der Waals surface area contributed by atoms with Crippen molar-refractivity contribution in [3.8, 4) is 17.0 Å². The van der Waals surface area contributed by atoms with Crippen LogP contribution in [0.2, 0.25) is 0 Å². The molecule has 2 aromatic heterocycles. The average Bonchev–Trinajstić information content (AvgIpc) is 3.02. The van der Waals surface area contributed by atoms with Crippen molar-refractivity contribution >= 4 is 16.7 Å². The topological polar surface area (TPSA) is 75.0 Å². The van der Waals surface area contributed by atoms with E-state index in [2.05, 4.69) is 20.7 Å². The van der Waals surface area contributed by atoms with Gasteiger partial charge in [-0.2, -0.15) is 18.3 Å². The first-order valence-electron chi connectivity index (χ1n) is 9.25. The number of aromatic hydroxyl groups is 1. The number of pyridine rings is 1. The lowest BCUT2D eigenvalue weighted by Crippen LogP contribution is -2.35. The van der Waals surface area contributed by atoms with E-state index in [1.54, 1.807) is 13.1 Å². The molecule has 1 saturated heterocycles. The Morgan fingerprint density at radius 1 is 1.17 bits per heavy atom. The van der Waals surface area contributed by atoms with Gasteiger partial charge in [0.15, 0.2) is 17.4 Å². The summed E-state index contributed by atoms with van der Waals surface area (Å²) in [6.45, 7) is 1.76. The van der Waals surface area contributed by atoms with Gasteiger partial charge in [-0.05, 0) is 32.0 Å². The number of benzene rings is 1. The molecule has 3 aromatic rings. The monoisotopic (exact) mass is 427 g/mol. The average molecular weight is 427 g/mol. The number of hydrogen-bond acceptors (Lipinski definition) is 5. The van der Waals surface area contributed by atoms with Gasteiger partial charge in [-0.25, -0.2) is 13.8 Å². The lowest BCUT2D eigenvalue weighted by atomic mass is 10.0. The van der Waals surface area contributed by atoms with Gasteiger partial charge in [-0.3, -0.25) is 4.68 Å². The Morgan fingerprint density at radius 3 is 2.53 bits per heavy atom. The van der Waals surface area contributed by atoms with Crippen LogP contribution < -0.4 is 10.6 Å². The van der Waals surface area contributed by atoms with Gasteiger partial charge < -0.3 is 15.7 Å². The van der Waals surface area contributed by atoms with E-state index in [0.717, 1.165) is 25.9 Å². The van der Waals surface area contributed by atoms with Gasteiger partial charge in [0.05, 0.1) is 11.1 Å². The summed E-state index contributed by atoms with van der Waals surface area (Å²) in [5.41, 5.74) is -2.11. The number of aromatic nitrogens is 3. The largest absolute Gasteiger partial charge is 0.503 e. The molecule has 0 saturated carbocycles. The predicted molar refractivity (Wildman–Crippen MR) is 100 cm³/mol. The Hall–Kier alpha value is -2.95. The number of anilines is 1. The van der Waals surface area contributed by atoms with E-state index in [4.69, 9.17) is 0 Å². The second-order valence-corrected chi connectivity index (χ2v) is 7.17. The van der Waals surface area contributed by atoms with E-state index < -0.39 is 34.7 Å². The number of phenolic OH excluding ortho intramolecular Hbond substituents is 1. The third-order valence-electron chi connectivity index (χ3n) is 5.16. The van der Waals surface area contributed by atoms with Crippen LogP contribution in [0, 0.1) is 11.6 Å². The first kappa shape index (κ1) is 20.3. The molecule has 0 bridgehead atoms. The Bertz CT molecular complexity index is 1110. The lowest BCUT2D eigenvalue weighted by molar-refractivity contribution is -0.140. The zero-order chi connectivity index (χ0) is 21.6. The van der Waals surface area contributed by atoms with Gasteiger partial charge in [-0.15, -0.1) is 0 Å². The Kier molecular flexibility index (Phi) is 5.00. The molecule has 0 spiro atoms. The number of aryl methyl sites for hydroxylation is 1. The summed E-state index contributed by atoms with van der Waals surface area (Å²) < 4.78 is 69.0. The summed E-state index contributed by atoms with van der Waals surface area (Å²) in [6, 6.07) is 2.21. The minimum absolute atomic E-state index is 0.174. The number of nitrogens with zero attached hydrogens (tertiary/aromatic N) is 3. The van der Waals surface area contributed by atoms with Crippen LogP contribution in [-0.2, 0) is 13.2 Å². The van der Waals surface area contributed by atoms with Crippen molar-refractivity contribution in [2.45, 2.75) is 25.1 Å². The molecule has 4 rings (SSSR count). The van der Waals surface area contributed by atoms with Crippen molar-refractivity contribution < 1.29 is 27.1 Å². The molecule has 0 unspecified atom stereocenters. The third-order valence-corrected chi connectivity index (χ3v) is 5.16. The molecule has 11 heteroatoms. The van der Waals surface area contributed by atoms with E-state index in [1.165, 1.54) is 10.9 Å². The maximum Gasteiger partial charge on any atom is 0.419 e. The third kappa shape index (κ3) is 3.53. The molecule has 0 radical (unpaired) electrons. The summed E-state index contributed by atoms with van der Waals surface area (Å²) in [7, 11) is 1.55. The molecule has 30 heavy (non-hydrogen) atoms. The molecule has 1 aliphatic rings. The van der Waals surface area contributed by atoms with E-state index in [1.807, 2.05) is 0 Å². The van der Waals surface area contributed by atoms with Crippen molar-refractivity contribution in [2.75, 3.05) is 18.4 Å². The van der Waals surface area contributed by atoms with Crippen LogP contribution in [0.1, 0.15) is 18.4 Å². The minimum atomic E-state index is -5.11. The summed E-state index contributed by atoms with van der Waals surface area (Å²) in [4.78, 5) is 4.28. The Balaban J connectivity index is 1.79. The summed E-state index contributed by atoms with van der Waals surface area (Å²) in [5, 5.41) is 20.5. The molecule has 1 aromatic carbocycles. The van der Waals surface area contributed by atoms with Crippen LogP contribution in [0.4, 0.5) is 27.8 Å². The van der Waals surface area contributed by atoms with Crippen molar-refractivity contribution in [2.24, 2.45) is 7.05 Å². The number of alkyl halides is 3.